The summed E-state index contributed by atoms with van der Waals surface area (Å²) in [7, 11) is 0. The van der Waals surface area contributed by atoms with E-state index in [9.17, 15) is 9.18 Å². The Hall–Kier alpha value is -2.85. The lowest BCUT2D eigenvalue weighted by molar-refractivity contribution is 0.0712. The van der Waals surface area contributed by atoms with Crippen molar-refractivity contribution in [3.05, 3.63) is 42.0 Å². The average Bonchev–Trinajstić information content (AvgIpc) is 3.38. The quantitative estimate of drug-likeness (QED) is 0.667. The molecule has 1 amide bonds. The maximum absolute atomic E-state index is 13.9. The third-order valence-electron chi connectivity index (χ3n) is 6.71. The second-order valence-corrected chi connectivity index (χ2v) is 8.81. The lowest BCUT2D eigenvalue weighted by Crippen LogP contribution is -2.49. The van der Waals surface area contributed by atoms with Gasteiger partial charge in [0.05, 0.1) is 17.9 Å². The number of hydrogen-bond donors (Lipinski definition) is 0. The maximum atomic E-state index is 13.9. The summed E-state index contributed by atoms with van der Waals surface area (Å²) in [5.74, 6) is 0.823. The number of halogens is 1. The third kappa shape index (κ3) is 5.06. The van der Waals surface area contributed by atoms with E-state index in [1.54, 1.807) is 4.90 Å². The number of rotatable bonds is 5. The van der Waals surface area contributed by atoms with Crippen LogP contribution in [0.15, 0.2) is 30.6 Å². The Morgan fingerprint density at radius 1 is 0.970 bits per heavy atom. The van der Waals surface area contributed by atoms with E-state index in [2.05, 4.69) is 29.9 Å². The molecule has 3 fully saturated rings. The normalized spacial score (nSPS) is 22.1. The van der Waals surface area contributed by atoms with Gasteiger partial charge in [0.25, 0.3) is 5.91 Å². The summed E-state index contributed by atoms with van der Waals surface area (Å²) in [5.41, 5.74) is 0.0680. The Kier molecular flexibility index (Phi) is 6.63. The molecule has 5 heterocycles. The van der Waals surface area contributed by atoms with Crippen LogP contribution < -0.4 is 9.80 Å². The van der Waals surface area contributed by atoms with Crippen molar-refractivity contribution in [2.45, 2.75) is 18.9 Å². The first-order valence-corrected chi connectivity index (χ1v) is 11.7. The van der Waals surface area contributed by atoms with Crippen LogP contribution in [0, 0.1) is 5.82 Å². The Balaban J connectivity index is 1.11. The number of ether oxygens (including phenoxy) is 1. The Morgan fingerprint density at radius 2 is 1.64 bits per heavy atom. The highest BCUT2D eigenvalue weighted by Crippen LogP contribution is 2.20. The van der Waals surface area contributed by atoms with Crippen molar-refractivity contribution in [3.8, 4) is 0 Å². The minimum atomic E-state index is -0.584. The molecule has 3 aliphatic rings. The minimum Gasteiger partial charge on any atom is -0.377 e. The van der Waals surface area contributed by atoms with E-state index < -0.39 is 5.82 Å². The molecule has 0 aromatic carbocycles. The zero-order valence-electron chi connectivity index (χ0n) is 18.8. The van der Waals surface area contributed by atoms with Gasteiger partial charge in [0, 0.05) is 71.7 Å². The van der Waals surface area contributed by atoms with Crippen LogP contribution in [0.25, 0.3) is 0 Å². The molecule has 1 unspecified atom stereocenters. The molecule has 0 aliphatic carbocycles. The monoisotopic (exact) mass is 455 g/mol. The number of carbonyl (C=O) groups is 1. The fourth-order valence-corrected chi connectivity index (χ4v) is 4.75. The first-order chi connectivity index (χ1) is 16.2. The van der Waals surface area contributed by atoms with Gasteiger partial charge in [0.15, 0.2) is 17.5 Å². The predicted molar refractivity (Wildman–Crippen MR) is 122 cm³/mol. The van der Waals surface area contributed by atoms with Gasteiger partial charge in [-0.3, -0.25) is 14.7 Å². The number of carbonyl (C=O) groups excluding carboxylic acids is 1. The van der Waals surface area contributed by atoms with Crippen molar-refractivity contribution >= 4 is 17.5 Å². The summed E-state index contributed by atoms with van der Waals surface area (Å²) in [6.07, 6.45) is 5.27. The molecule has 0 bridgehead atoms. The molecule has 0 radical (unpaired) electrons. The summed E-state index contributed by atoms with van der Waals surface area (Å²) in [6, 6.07) is 5.46. The van der Waals surface area contributed by atoms with Crippen LogP contribution in [0.5, 0.6) is 0 Å². The van der Waals surface area contributed by atoms with E-state index in [1.165, 1.54) is 25.1 Å². The van der Waals surface area contributed by atoms with Crippen molar-refractivity contribution < 1.29 is 13.9 Å². The van der Waals surface area contributed by atoms with Gasteiger partial charge in [0.1, 0.15) is 0 Å². The Bertz CT molecular complexity index is 938. The third-order valence-corrected chi connectivity index (χ3v) is 6.71. The summed E-state index contributed by atoms with van der Waals surface area (Å²) in [5, 5.41) is 8.92. The number of pyridine rings is 1. The van der Waals surface area contributed by atoms with Gasteiger partial charge in [-0.25, -0.2) is 4.39 Å². The number of anilines is 2. The summed E-state index contributed by atoms with van der Waals surface area (Å²) < 4.78 is 19.7. The molecule has 0 spiro atoms. The van der Waals surface area contributed by atoms with Gasteiger partial charge in [0.2, 0.25) is 0 Å². The standard InChI is InChI=1S/C23H30FN7O2/c24-20-16-25-6-5-19(20)23(32)31-13-11-30(12-14-31)22-4-3-21(26-27-22)29-9-7-28(8-10-29)17-18-2-1-15-33-18/h3-6,16,18H,1-2,7-15,17H2. The van der Waals surface area contributed by atoms with E-state index in [-0.39, 0.29) is 11.5 Å². The lowest BCUT2D eigenvalue weighted by atomic mass is 10.2. The predicted octanol–water partition coefficient (Wildman–Crippen LogP) is 1.27. The van der Waals surface area contributed by atoms with Crippen molar-refractivity contribution in [2.75, 3.05) is 75.3 Å². The van der Waals surface area contributed by atoms with Crippen LogP contribution >= 0.6 is 0 Å². The second-order valence-electron chi connectivity index (χ2n) is 8.81. The second kappa shape index (κ2) is 9.96. The van der Waals surface area contributed by atoms with E-state index in [0.717, 1.165) is 57.2 Å². The van der Waals surface area contributed by atoms with Gasteiger partial charge >= 0.3 is 0 Å². The van der Waals surface area contributed by atoms with Gasteiger partial charge in [-0.05, 0) is 31.0 Å². The Morgan fingerprint density at radius 3 is 2.21 bits per heavy atom. The molecule has 10 heteroatoms. The van der Waals surface area contributed by atoms with Gasteiger partial charge in [-0.15, -0.1) is 10.2 Å². The lowest BCUT2D eigenvalue weighted by Gasteiger charge is -2.37. The minimum absolute atomic E-state index is 0.0680. The van der Waals surface area contributed by atoms with Gasteiger partial charge < -0.3 is 19.4 Å². The maximum Gasteiger partial charge on any atom is 0.257 e. The highest BCUT2D eigenvalue weighted by molar-refractivity contribution is 5.94. The van der Waals surface area contributed by atoms with Crippen LogP contribution in [0.1, 0.15) is 23.2 Å². The van der Waals surface area contributed by atoms with Crippen LogP contribution in [-0.2, 0) is 4.74 Å². The largest absolute Gasteiger partial charge is 0.377 e. The molecule has 3 saturated heterocycles. The highest BCUT2D eigenvalue weighted by Gasteiger charge is 2.26. The molecular formula is C23H30FN7O2. The molecule has 3 aliphatic heterocycles. The van der Waals surface area contributed by atoms with Crippen molar-refractivity contribution in [2.24, 2.45) is 0 Å². The van der Waals surface area contributed by atoms with Crippen LogP contribution in [0.3, 0.4) is 0 Å². The van der Waals surface area contributed by atoms with E-state index in [0.29, 0.717) is 32.3 Å². The van der Waals surface area contributed by atoms with Crippen LogP contribution in [0.4, 0.5) is 16.0 Å². The van der Waals surface area contributed by atoms with Crippen molar-refractivity contribution in [1.82, 2.24) is 25.0 Å². The molecular weight excluding hydrogens is 425 g/mol. The van der Waals surface area contributed by atoms with Gasteiger partial charge in [-0.1, -0.05) is 0 Å². The SMILES string of the molecule is O=C(c1ccncc1F)N1CCN(c2ccc(N3CCN(CC4CCCO4)CC3)nn2)CC1. The number of piperazine rings is 2. The first-order valence-electron chi connectivity index (χ1n) is 11.7. The Labute approximate surface area is 193 Å². The topological polar surface area (TPSA) is 77.9 Å². The summed E-state index contributed by atoms with van der Waals surface area (Å²) in [4.78, 5) is 24.9. The van der Waals surface area contributed by atoms with E-state index in [4.69, 9.17) is 4.74 Å². The molecule has 2 aromatic heterocycles. The fraction of sp³-hybridized carbons (Fsp3) is 0.565. The summed E-state index contributed by atoms with van der Waals surface area (Å²) >= 11 is 0. The van der Waals surface area contributed by atoms with Crippen molar-refractivity contribution in [1.29, 1.82) is 0 Å². The first kappa shape index (κ1) is 22.0. The van der Waals surface area contributed by atoms with E-state index >= 15 is 0 Å². The molecule has 9 nitrogen and oxygen atoms in total. The molecule has 33 heavy (non-hydrogen) atoms. The number of aromatic nitrogens is 3. The molecule has 5 rings (SSSR count). The van der Waals surface area contributed by atoms with E-state index in [1.807, 2.05) is 12.1 Å². The zero-order chi connectivity index (χ0) is 22.6. The molecule has 1 atom stereocenters. The number of hydrogen-bond acceptors (Lipinski definition) is 8. The van der Waals surface area contributed by atoms with Crippen molar-refractivity contribution in [3.63, 3.8) is 0 Å². The average molecular weight is 456 g/mol. The molecule has 0 N–H and O–H groups in total. The number of amides is 1. The number of nitrogens with zero attached hydrogens (tertiary/aromatic N) is 7. The summed E-state index contributed by atoms with van der Waals surface area (Å²) in [6.45, 7) is 8.12. The fourth-order valence-electron chi connectivity index (χ4n) is 4.75. The molecule has 176 valence electrons. The highest BCUT2D eigenvalue weighted by atomic mass is 19.1. The zero-order valence-corrected chi connectivity index (χ0v) is 18.8. The van der Waals surface area contributed by atoms with Crippen LogP contribution in [0.2, 0.25) is 0 Å². The van der Waals surface area contributed by atoms with Crippen LogP contribution in [-0.4, -0.2) is 103 Å². The smallest absolute Gasteiger partial charge is 0.257 e. The molecule has 0 saturated carbocycles. The molecule has 2 aromatic rings. The van der Waals surface area contributed by atoms with Gasteiger partial charge in [-0.2, -0.15) is 0 Å².